The second-order valence-electron chi connectivity index (χ2n) is 2.26. The van der Waals surface area contributed by atoms with E-state index in [1.807, 2.05) is 20.8 Å². The van der Waals surface area contributed by atoms with Crippen LogP contribution in [0.2, 0.25) is 0 Å². The SMILES string of the molecule is C1CC1.C=C.C=CC.CC.CCC.N.O.O=C=O. The van der Waals surface area contributed by atoms with Crippen LogP contribution in [0, 0.1) is 0 Å². The van der Waals surface area contributed by atoms with E-state index in [0.717, 1.165) is 0 Å². The third kappa shape index (κ3) is 58000. The van der Waals surface area contributed by atoms with Crippen molar-refractivity contribution in [2.24, 2.45) is 0 Å². The van der Waals surface area contributed by atoms with E-state index in [1.54, 1.807) is 6.08 Å². The fourth-order valence-electron chi connectivity index (χ4n) is 0. The van der Waals surface area contributed by atoms with Gasteiger partial charge in [-0.1, -0.05) is 59.5 Å². The molecule has 0 unspecified atom stereocenters. The molecule has 0 aliphatic heterocycles. The molecule has 0 heterocycles. The van der Waals surface area contributed by atoms with Gasteiger partial charge in [-0.05, 0) is 6.92 Å². The number of hydrogen-bond acceptors (Lipinski definition) is 3. The highest BCUT2D eigenvalue weighted by Crippen LogP contribution is 2.14. The third-order valence-corrected chi connectivity index (χ3v) is 0.354. The zero-order valence-electron chi connectivity index (χ0n) is 13.1. The van der Waals surface area contributed by atoms with E-state index in [4.69, 9.17) is 9.59 Å². The second-order valence-corrected chi connectivity index (χ2v) is 2.26. The van der Waals surface area contributed by atoms with Crippen molar-refractivity contribution < 1.29 is 15.1 Å². The Morgan fingerprint density at radius 1 is 1.06 bits per heavy atom. The van der Waals surface area contributed by atoms with Gasteiger partial charge in [0.15, 0.2) is 0 Å². The summed E-state index contributed by atoms with van der Waals surface area (Å²) in [6.07, 6.45) is 7.75. The molecule has 18 heavy (non-hydrogen) atoms. The van der Waals surface area contributed by atoms with Crippen LogP contribution in [0.5, 0.6) is 0 Å². The summed E-state index contributed by atoms with van der Waals surface area (Å²) in [5.41, 5.74) is 0. The molecule has 1 rings (SSSR count). The summed E-state index contributed by atoms with van der Waals surface area (Å²) in [5, 5.41) is 0. The molecule has 1 aliphatic rings. The molecular weight excluding hydrogens is 230 g/mol. The van der Waals surface area contributed by atoms with Gasteiger partial charge in [-0.25, -0.2) is 0 Å². The maximum absolute atomic E-state index is 8.12. The van der Waals surface area contributed by atoms with Gasteiger partial charge in [0.05, 0.1) is 0 Å². The molecule has 5 N–H and O–H groups in total. The molecule has 0 bridgehead atoms. The van der Waals surface area contributed by atoms with Crippen molar-refractivity contribution in [1.29, 1.82) is 0 Å². The molecular formula is C14H35NO3. The van der Waals surface area contributed by atoms with Crippen molar-refractivity contribution in [2.45, 2.75) is 60.3 Å². The molecule has 1 fully saturated rings. The standard InChI is InChI=1S/C3H6.C3H8.C3H6.C2H6.C2H4.CO2.H3N.H2O/c1-2-3-1;2*1-3-2;2*1-2;2-1-3;;/h1-3H2;3H2,1-2H3;3H,1H2,2H3;1-2H3;1-2H2;;1H3;1H2. The Balaban J connectivity index is -0.0000000159. The molecule has 0 aromatic rings. The van der Waals surface area contributed by atoms with Crippen molar-refractivity contribution in [1.82, 2.24) is 6.15 Å². The molecule has 0 aromatic heterocycles. The predicted octanol–water partition coefficient (Wildman–Crippen LogP) is 4.36. The first-order valence-corrected chi connectivity index (χ1v) is 5.81. The molecule has 0 aromatic carbocycles. The molecule has 0 atom stereocenters. The molecule has 0 amide bonds. The Kier molecular flexibility index (Phi) is 366. The number of carbonyl (C=O) groups excluding carboxylic acids is 2. The number of rotatable bonds is 0. The molecule has 0 radical (unpaired) electrons. The lowest BCUT2D eigenvalue weighted by Gasteiger charge is -1.48. The van der Waals surface area contributed by atoms with Crippen molar-refractivity contribution in [3.05, 3.63) is 25.8 Å². The van der Waals surface area contributed by atoms with Crippen molar-refractivity contribution in [3.63, 3.8) is 0 Å². The zero-order valence-corrected chi connectivity index (χ0v) is 13.1. The summed E-state index contributed by atoms with van der Waals surface area (Å²) in [4.78, 5) is 16.2. The van der Waals surface area contributed by atoms with Gasteiger partial charge in [0, 0.05) is 0 Å². The number of hydrogen-bond donors (Lipinski definition) is 1. The van der Waals surface area contributed by atoms with Crippen LogP contribution in [0.4, 0.5) is 0 Å². The molecule has 4 nitrogen and oxygen atoms in total. The summed E-state index contributed by atoms with van der Waals surface area (Å²) < 4.78 is 0. The van der Waals surface area contributed by atoms with Crippen molar-refractivity contribution in [2.75, 3.05) is 0 Å². The Hall–Kier alpha value is -1.22. The monoisotopic (exact) mass is 265 g/mol. The van der Waals surface area contributed by atoms with Crippen LogP contribution in [-0.4, -0.2) is 11.6 Å². The topological polar surface area (TPSA) is 101 Å². The van der Waals surface area contributed by atoms with Gasteiger partial charge in [0.1, 0.15) is 0 Å². The van der Waals surface area contributed by atoms with E-state index in [1.165, 1.54) is 25.7 Å². The summed E-state index contributed by atoms with van der Waals surface area (Å²) in [5.74, 6) is 0. The average molecular weight is 265 g/mol. The summed E-state index contributed by atoms with van der Waals surface area (Å²) in [6.45, 7) is 19.5. The van der Waals surface area contributed by atoms with Crippen LogP contribution in [0.1, 0.15) is 60.3 Å². The van der Waals surface area contributed by atoms with Crippen molar-refractivity contribution >= 4 is 6.15 Å². The molecule has 0 spiro atoms. The molecule has 1 saturated carbocycles. The van der Waals surface area contributed by atoms with Crippen LogP contribution in [0.3, 0.4) is 0 Å². The zero-order chi connectivity index (χ0) is 14.2. The predicted molar refractivity (Wildman–Crippen MR) is 81.9 cm³/mol. The maximum atomic E-state index is 8.12. The maximum Gasteiger partial charge on any atom is 0.373 e. The highest BCUT2D eigenvalue weighted by atomic mass is 16.2. The Bertz CT molecular complexity index is 107. The smallest absolute Gasteiger partial charge is 0.373 e. The van der Waals surface area contributed by atoms with E-state index < -0.39 is 0 Å². The molecule has 0 saturated heterocycles. The summed E-state index contributed by atoms with van der Waals surface area (Å²) in [6, 6.07) is 0. The van der Waals surface area contributed by atoms with E-state index in [2.05, 4.69) is 33.6 Å². The Morgan fingerprint density at radius 3 is 1.11 bits per heavy atom. The van der Waals surface area contributed by atoms with E-state index in [-0.39, 0.29) is 17.8 Å². The third-order valence-electron chi connectivity index (χ3n) is 0.354. The van der Waals surface area contributed by atoms with E-state index in [0.29, 0.717) is 0 Å². The van der Waals surface area contributed by atoms with Gasteiger partial charge >= 0.3 is 6.15 Å². The van der Waals surface area contributed by atoms with Crippen LogP contribution in [-0.2, 0) is 9.59 Å². The minimum absolute atomic E-state index is 0. The van der Waals surface area contributed by atoms with Gasteiger partial charge < -0.3 is 11.6 Å². The average Bonchev–Trinajstić information content (AvgIpc) is 3.13. The van der Waals surface area contributed by atoms with Gasteiger partial charge in [0.2, 0.25) is 0 Å². The largest absolute Gasteiger partial charge is 0.412 e. The first kappa shape index (κ1) is 43.7. The van der Waals surface area contributed by atoms with Crippen LogP contribution in [0.15, 0.2) is 25.8 Å². The first-order chi connectivity index (χ1) is 7.74. The lowest BCUT2D eigenvalue weighted by molar-refractivity contribution is -0.191. The summed E-state index contributed by atoms with van der Waals surface area (Å²) in [7, 11) is 0. The number of allylic oxidation sites excluding steroid dienone is 1. The first-order valence-electron chi connectivity index (χ1n) is 5.81. The molecule has 1 aliphatic carbocycles. The van der Waals surface area contributed by atoms with Gasteiger partial charge in [-0.2, -0.15) is 9.59 Å². The second kappa shape index (κ2) is 151. The van der Waals surface area contributed by atoms with Gasteiger partial charge in [-0.15, -0.1) is 19.7 Å². The minimum atomic E-state index is 0. The Morgan fingerprint density at radius 2 is 1.11 bits per heavy atom. The fraction of sp³-hybridized carbons (Fsp3) is 0.643. The van der Waals surface area contributed by atoms with Crippen molar-refractivity contribution in [3.8, 4) is 0 Å². The highest BCUT2D eigenvalue weighted by molar-refractivity contribution is 5.20. The van der Waals surface area contributed by atoms with Gasteiger partial charge in [0.25, 0.3) is 0 Å². The summed E-state index contributed by atoms with van der Waals surface area (Å²) >= 11 is 0. The lowest BCUT2D eigenvalue weighted by Crippen LogP contribution is -1.27. The van der Waals surface area contributed by atoms with E-state index in [9.17, 15) is 0 Å². The minimum Gasteiger partial charge on any atom is -0.412 e. The van der Waals surface area contributed by atoms with Crippen LogP contribution < -0.4 is 6.15 Å². The lowest BCUT2D eigenvalue weighted by atomic mass is 10.6. The van der Waals surface area contributed by atoms with Crippen LogP contribution >= 0.6 is 0 Å². The van der Waals surface area contributed by atoms with Gasteiger partial charge in [-0.3, -0.25) is 0 Å². The highest BCUT2D eigenvalue weighted by Gasteiger charge is 1.95. The molecule has 4 heteroatoms. The van der Waals surface area contributed by atoms with E-state index >= 15 is 0 Å². The quantitative estimate of drug-likeness (QED) is 0.658. The normalized spacial score (nSPS) is 6.72. The van der Waals surface area contributed by atoms with Crippen LogP contribution in [0.25, 0.3) is 0 Å². The Labute approximate surface area is 114 Å². The fourth-order valence-corrected chi connectivity index (χ4v) is 0. The molecule has 114 valence electrons.